The van der Waals surface area contributed by atoms with Crippen LogP contribution < -0.4 is 14.8 Å². The van der Waals surface area contributed by atoms with Crippen LogP contribution in [-0.2, 0) is 11.3 Å². The number of ether oxygens (including phenoxy) is 2. The Hall–Kier alpha value is -1.75. The molecule has 0 saturated heterocycles. The van der Waals surface area contributed by atoms with Crippen molar-refractivity contribution in [1.29, 1.82) is 0 Å². The van der Waals surface area contributed by atoms with Crippen molar-refractivity contribution in [2.75, 3.05) is 27.7 Å². The summed E-state index contributed by atoms with van der Waals surface area (Å²) in [6.07, 6.45) is 0.102. The summed E-state index contributed by atoms with van der Waals surface area (Å²) < 4.78 is 11.0. The van der Waals surface area contributed by atoms with Crippen LogP contribution in [0, 0.1) is 0 Å². The molecule has 0 aromatic heterocycles. The quantitative estimate of drug-likeness (QED) is 0.825. The predicted octanol–water partition coefficient (Wildman–Crippen LogP) is 1.66. The molecule has 1 N–H and O–H groups in total. The number of benzene rings is 1. The number of nitrogens with one attached hydrogen (secondary N) is 1. The molecule has 0 atom stereocenters. The third-order valence-electron chi connectivity index (χ3n) is 2.69. The van der Waals surface area contributed by atoms with Crippen molar-refractivity contribution in [3.05, 3.63) is 23.8 Å². The summed E-state index contributed by atoms with van der Waals surface area (Å²) >= 11 is 0. The highest BCUT2D eigenvalue weighted by atomic mass is 16.5. The van der Waals surface area contributed by atoms with Gasteiger partial charge in [0.05, 0.1) is 19.8 Å². The Kier molecular flexibility index (Phi) is 6.31. The number of methoxy groups -OCH3 is 1. The Bertz CT molecular complexity index is 445. The molecule has 0 aliphatic heterocycles. The van der Waals surface area contributed by atoms with Gasteiger partial charge in [0.2, 0.25) is 5.91 Å². The van der Waals surface area contributed by atoms with E-state index in [1.54, 1.807) is 26.1 Å². The van der Waals surface area contributed by atoms with Crippen molar-refractivity contribution in [2.45, 2.75) is 26.5 Å². The van der Waals surface area contributed by atoms with Crippen molar-refractivity contribution in [3.63, 3.8) is 0 Å². The molecular formula is C15H24N2O3. The Labute approximate surface area is 120 Å². The summed E-state index contributed by atoms with van der Waals surface area (Å²) in [7, 11) is 5.10. The average Bonchev–Trinajstić information content (AvgIpc) is 2.39. The first kappa shape index (κ1) is 16.3. The monoisotopic (exact) mass is 280 g/mol. The zero-order valence-corrected chi connectivity index (χ0v) is 12.9. The summed E-state index contributed by atoms with van der Waals surface area (Å²) in [6, 6.07) is 5.78. The number of nitrogens with zero attached hydrogens (tertiary/aromatic N) is 1. The van der Waals surface area contributed by atoms with Crippen LogP contribution in [0.25, 0.3) is 0 Å². The molecule has 0 heterocycles. The van der Waals surface area contributed by atoms with Gasteiger partial charge in [-0.25, -0.2) is 0 Å². The third-order valence-corrected chi connectivity index (χ3v) is 2.69. The summed E-state index contributed by atoms with van der Waals surface area (Å²) in [6.45, 7) is 4.88. The van der Waals surface area contributed by atoms with Crippen molar-refractivity contribution < 1.29 is 14.3 Å². The first-order chi connectivity index (χ1) is 9.43. The van der Waals surface area contributed by atoms with Crippen LogP contribution in [0.5, 0.6) is 11.5 Å². The number of hydrogen-bond donors (Lipinski definition) is 1. The smallest absolute Gasteiger partial charge is 0.236 e. The maximum atomic E-state index is 11.5. The molecule has 5 heteroatoms. The second-order valence-corrected chi connectivity index (χ2v) is 5.04. The van der Waals surface area contributed by atoms with Crippen LogP contribution in [0.2, 0.25) is 0 Å². The predicted molar refractivity (Wildman–Crippen MR) is 79.2 cm³/mol. The van der Waals surface area contributed by atoms with Crippen LogP contribution in [0.3, 0.4) is 0 Å². The van der Waals surface area contributed by atoms with E-state index in [-0.39, 0.29) is 12.0 Å². The molecule has 0 saturated carbocycles. The molecule has 0 radical (unpaired) electrons. The van der Waals surface area contributed by atoms with Gasteiger partial charge < -0.3 is 19.7 Å². The number of rotatable bonds is 7. The van der Waals surface area contributed by atoms with Gasteiger partial charge in [-0.15, -0.1) is 0 Å². The second kappa shape index (κ2) is 7.75. The van der Waals surface area contributed by atoms with Crippen LogP contribution in [0.15, 0.2) is 18.2 Å². The summed E-state index contributed by atoms with van der Waals surface area (Å²) in [5, 5.41) is 3.11. The fraction of sp³-hybridized carbons (Fsp3) is 0.533. The molecule has 112 valence electrons. The van der Waals surface area contributed by atoms with Crippen molar-refractivity contribution in [1.82, 2.24) is 10.2 Å². The Morgan fingerprint density at radius 3 is 2.55 bits per heavy atom. The highest BCUT2D eigenvalue weighted by molar-refractivity contribution is 5.77. The Morgan fingerprint density at radius 2 is 2.00 bits per heavy atom. The molecule has 0 fully saturated rings. The normalized spacial score (nSPS) is 10.5. The van der Waals surface area contributed by atoms with E-state index >= 15 is 0 Å². The minimum Gasteiger partial charge on any atom is -0.493 e. The van der Waals surface area contributed by atoms with E-state index in [1.165, 1.54) is 0 Å². The van der Waals surface area contributed by atoms with Gasteiger partial charge in [0.25, 0.3) is 0 Å². The summed E-state index contributed by atoms with van der Waals surface area (Å²) in [4.78, 5) is 13.0. The third kappa shape index (κ3) is 5.09. The molecule has 1 aromatic rings. The Morgan fingerprint density at radius 1 is 1.30 bits per heavy atom. The van der Waals surface area contributed by atoms with Gasteiger partial charge in [-0.3, -0.25) is 4.79 Å². The average molecular weight is 280 g/mol. The van der Waals surface area contributed by atoms with Crippen LogP contribution >= 0.6 is 0 Å². The van der Waals surface area contributed by atoms with E-state index in [0.717, 1.165) is 11.3 Å². The fourth-order valence-electron chi connectivity index (χ4n) is 1.65. The lowest BCUT2D eigenvalue weighted by Gasteiger charge is -2.15. The van der Waals surface area contributed by atoms with E-state index in [4.69, 9.17) is 9.47 Å². The lowest BCUT2D eigenvalue weighted by Crippen LogP contribution is -2.32. The number of hydrogen-bond acceptors (Lipinski definition) is 4. The topological polar surface area (TPSA) is 50.8 Å². The molecule has 1 amide bonds. The molecule has 1 rings (SSSR count). The molecule has 20 heavy (non-hydrogen) atoms. The Balaban J connectivity index is 2.61. The molecule has 0 aliphatic carbocycles. The minimum absolute atomic E-state index is 0.0525. The molecular weight excluding hydrogens is 256 g/mol. The molecule has 1 aromatic carbocycles. The lowest BCUT2D eigenvalue weighted by molar-refractivity contribution is -0.127. The second-order valence-electron chi connectivity index (χ2n) is 5.04. The van der Waals surface area contributed by atoms with E-state index < -0.39 is 0 Å². The number of likely N-dealkylation sites (N-methyl/N-ethyl adjacent to an activating group) is 1. The molecule has 0 spiro atoms. The SMILES string of the molecule is COc1cc(CNCC(=O)N(C)C)ccc1OC(C)C. The van der Waals surface area contributed by atoms with Gasteiger partial charge in [0.1, 0.15) is 0 Å². The number of amides is 1. The molecule has 0 aliphatic rings. The largest absolute Gasteiger partial charge is 0.493 e. The highest BCUT2D eigenvalue weighted by Crippen LogP contribution is 2.28. The first-order valence-corrected chi connectivity index (χ1v) is 6.68. The van der Waals surface area contributed by atoms with Gasteiger partial charge in [0, 0.05) is 20.6 Å². The van der Waals surface area contributed by atoms with Crippen LogP contribution in [-0.4, -0.2) is 44.7 Å². The minimum atomic E-state index is 0.0525. The molecule has 0 bridgehead atoms. The zero-order valence-electron chi connectivity index (χ0n) is 12.9. The van der Waals surface area contributed by atoms with Gasteiger partial charge >= 0.3 is 0 Å². The van der Waals surface area contributed by atoms with Crippen molar-refractivity contribution in [2.24, 2.45) is 0 Å². The molecule has 5 nitrogen and oxygen atoms in total. The number of carbonyl (C=O) groups is 1. The van der Waals surface area contributed by atoms with Gasteiger partial charge in [-0.2, -0.15) is 0 Å². The van der Waals surface area contributed by atoms with E-state index in [2.05, 4.69) is 5.32 Å². The number of carbonyl (C=O) groups excluding carboxylic acids is 1. The van der Waals surface area contributed by atoms with Crippen molar-refractivity contribution in [3.8, 4) is 11.5 Å². The van der Waals surface area contributed by atoms with Crippen LogP contribution in [0.1, 0.15) is 19.4 Å². The van der Waals surface area contributed by atoms with E-state index in [9.17, 15) is 4.79 Å². The molecule has 0 unspecified atom stereocenters. The van der Waals surface area contributed by atoms with Gasteiger partial charge in [-0.05, 0) is 31.5 Å². The van der Waals surface area contributed by atoms with E-state index in [0.29, 0.717) is 18.8 Å². The maximum absolute atomic E-state index is 11.5. The fourth-order valence-corrected chi connectivity index (χ4v) is 1.65. The highest BCUT2D eigenvalue weighted by Gasteiger charge is 2.08. The van der Waals surface area contributed by atoms with Crippen LogP contribution in [0.4, 0.5) is 0 Å². The van der Waals surface area contributed by atoms with Gasteiger partial charge in [-0.1, -0.05) is 6.07 Å². The summed E-state index contributed by atoms with van der Waals surface area (Å²) in [5.41, 5.74) is 1.05. The maximum Gasteiger partial charge on any atom is 0.236 e. The summed E-state index contributed by atoms with van der Waals surface area (Å²) in [5.74, 6) is 1.49. The van der Waals surface area contributed by atoms with E-state index in [1.807, 2.05) is 32.0 Å². The first-order valence-electron chi connectivity index (χ1n) is 6.68. The van der Waals surface area contributed by atoms with Crippen molar-refractivity contribution >= 4 is 5.91 Å². The standard InChI is InChI=1S/C15H24N2O3/c1-11(2)20-13-7-6-12(8-14(13)19-5)9-16-10-15(18)17(3)4/h6-8,11,16H,9-10H2,1-5H3. The van der Waals surface area contributed by atoms with Gasteiger partial charge in [0.15, 0.2) is 11.5 Å². The zero-order chi connectivity index (χ0) is 15.1. The lowest BCUT2D eigenvalue weighted by atomic mass is 10.2.